The van der Waals surface area contributed by atoms with Gasteiger partial charge in [0.2, 0.25) is 5.89 Å². The standard InChI is InChI=1S/C17H22N2O3/c1-21-15-6-4-13(5-7-15)16-19-14(11-22-16)10-18-17(12-20)8-2-3-9-17/h4-7,11,18,20H,2-3,8-10,12H2,1H3. The van der Waals surface area contributed by atoms with Crippen molar-refractivity contribution < 1.29 is 14.3 Å². The largest absolute Gasteiger partial charge is 0.497 e. The summed E-state index contributed by atoms with van der Waals surface area (Å²) >= 11 is 0. The van der Waals surface area contributed by atoms with Gasteiger partial charge in [-0.05, 0) is 37.1 Å². The maximum absolute atomic E-state index is 9.61. The number of aliphatic hydroxyl groups excluding tert-OH is 1. The third-order valence-corrected chi connectivity index (χ3v) is 4.40. The molecule has 0 unspecified atom stereocenters. The van der Waals surface area contributed by atoms with Crippen LogP contribution in [0.1, 0.15) is 31.4 Å². The van der Waals surface area contributed by atoms with E-state index in [1.54, 1.807) is 13.4 Å². The lowest BCUT2D eigenvalue weighted by Crippen LogP contribution is -2.45. The number of benzene rings is 1. The molecule has 0 saturated heterocycles. The normalized spacial score (nSPS) is 16.8. The minimum atomic E-state index is -0.140. The van der Waals surface area contributed by atoms with Gasteiger partial charge in [-0.15, -0.1) is 0 Å². The number of nitrogens with one attached hydrogen (secondary N) is 1. The second-order valence-corrected chi connectivity index (χ2v) is 5.87. The second-order valence-electron chi connectivity index (χ2n) is 5.87. The summed E-state index contributed by atoms with van der Waals surface area (Å²) in [5.74, 6) is 1.41. The van der Waals surface area contributed by atoms with E-state index in [4.69, 9.17) is 9.15 Å². The van der Waals surface area contributed by atoms with Crippen molar-refractivity contribution in [2.24, 2.45) is 0 Å². The molecule has 0 bridgehead atoms. The van der Waals surface area contributed by atoms with Crippen LogP contribution in [0.25, 0.3) is 11.5 Å². The van der Waals surface area contributed by atoms with E-state index in [-0.39, 0.29) is 12.1 Å². The Morgan fingerprint density at radius 1 is 1.27 bits per heavy atom. The Morgan fingerprint density at radius 3 is 2.64 bits per heavy atom. The summed E-state index contributed by atoms with van der Waals surface area (Å²) in [4.78, 5) is 4.51. The molecule has 0 spiro atoms. The van der Waals surface area contributed by atoms with Crippen LogP contribution in [0, 0.1) is 0 Å². The highest BCUT2D eigenvalue weighted by molar-refractivity contribution is 5.54. The fourth-order valence-corrected chi connectivity index (χ4v) is 2.97. The molecule has 5 nitrogen and oxygen atoms in total. The lowest BCUT2D eigenvalue weighted by atomic mass is 9.99. The topological polar surface area (TPSA) is 67.5 Å². The number of aliphatic hydroxyl groups is 1. The highest BCUT2D eigenvalue weighted by atomic mass is 16.5. The number of methoxy groups -OCH3 is 1. The summed E-state index contributed by atoms with van der Waals surface area (Å²) < 4.78 is 10.7. The first-order chi connectivity index (χ1) is 10.7. The molecule has 0 radical (unpaired) electrons. The Balaban J connectivity index is 1.65. The number of hydrogen-bond acceptors (Lipinski definition) is 5. The fourth-order valence-electron chi connectivity index (χ4n) is 2.97. The van der Waals surface area contributed by atoms with Gasteiger partial charge < -0.3 is 19.6 Å². The zero-order chi connectivity index (χ0) is 15.4. The molecular weight excluding hydrogens is 280 g/mol. The van der Waals surface area contributed by atoms with Crippen molar-refractivity contribution in [3.63, 3.8) is 0 Å². The van der Waals surface area contributed by atoms with Gasteiger partial charge in [-0.1, -0.05) is 12.8 Å². The summed E-state index contributed by atoms with van der Waals surface area (Å²) in [6.07, 6.45) is 6.05. The van der Waals surface area contributed by atoms with E-state index < -0.39 is 0 Å². The van der Waals surface area contributed by atoms with E-state index in [0.717, 1.165) is 29.8 Å². The van der Waals surface area contributed by atoms with Crippen molar-refractivity contribution in [3.05, 3.63) is 36.2 Å². The van der Waals surface area contributed by atoms with Gasteiger partial charge in [0.25, 0.3) is 0 Å². The van der Waals surface area contributed by atoms with E-state index >= 15 is 0 Å². The van der Waals surface area contributed by atoms with Crippen LogP contribution < -0.4 is 10.1 Å². The van der Waals surface area contributed by atoms with E-state index in [1.165, 1.54) is 12.8 Å². The SMILES string of the molecule is COc1ccc(-c2nc(CNC3(CO)CCCC3)co2)cc1. The van der Waals surface area contributed by atoms with Crippen LogP contribution in [0.5, 0.6) is 5.75 Å². The molecule has 3 rings (SSSR count). The Morgan fingerprint density at radius 2 is 2.00 bits per heavy atom. The zero-order valence-electron chi connectivity index (χ0n) is 12.8. The van der Waals surface area contributed by atoms with Gasteiger partial charge in [0.15, 0.2) is 0 Å². The molecule has 0 amide bonds. The molecule has 22 heavy (non-hydrogen) atoms. The Kier molecular flexibility index (Phi) is 4.45. The Hall–Kier alpha value is -1.85. The van der Waals surface area contributed by atoms with Crippen LogP contribution in [0.4, 0.5) is 0 Å². The number of hydrogen-bond donors (Lipinski definition) is 2. The predicted molar refractivity (Wildman–Crippen MR) is 83.6 cm³/mol. The average Bonchev–Trinajstić information content (AvgIpc) is 3.23. The summed E-state index contributed by atoms with van der Waals surface area (Å²) in [7, 11) is 1.64. The average molecular weight is 302 g/mol. The summed E-state index contributed by atoms with van der Waals surface area (Å²) in [5, 5.41) is 13.1. The molecule has 1 aromatic heterocycles. The lowest BCUT2D eigenvalue weighted by molar-refractivity contribution is 0.162. The van der Waals surface area contributed by atoms with Crippen LogP contribution in [-0.2, 0) is 6.54 Å². The number of oxazole rings is 1. The molecule has 1 aliphatic rings. The first kappa shape index (κ1) is 15.1. The summed E-state index contributed by atoms with van der Waals surface area (Å²) in [6.45, 7) is 0.788. The molecule has 5 heteroatoms. The monoisotopic (exact) mass is 302 g/mol. The quantitative estimate of drug-likeness (QED) is 0.859. The van der Waals surface area contributed by atoms with E-state index in [2.05, 4.69) is 10.3 Å². The van der Waals surface area contributed by atoms with E-state index in [9.17, 15) is 5.11 Å². The van der Waals surface area contributed by atoms with Crippen LogP contribution in [0.3, 0.4) is 0 Å². The number of ether oxygens (including phenoxy) is 1. The van der Waals surface area contributed by atoms with Gasteiger partial charge in [0.05, 0.1) is 19.4 Å². The van der Waals surface area contributed by atoms with Gasteiger partial charge >= 0.3 is 0 Å². The maximum Gasteiger partial charge on any atom is 0.226 e. The molecule has 0 aliphatic heterocycles. The van der Waals surface area contributed by atoms with E-state index in [0.29, 0.717) is 12.4 Å². The minimum Gasteiger partial charge on any atom is -0.497 e. The minimum absolute atomic E-state index is 0.140. The lowest BCUT2D eigenvalue weighted by Gasteiger charge is -2.27. The molecule has 2 aromatic rings. The van der Waals surface area contributed by atoms with Gasteiger partial charge in [-0.2, -0.15) is 0 Å². The molecule has 2 N–H and O–H groups in total. The van der Waals surface area contributed by atoms with Crippen LogP contribution in [-0.4, -0.2) is 29.3 Å². The molecule has 1 saturated carbocycles. The van der Waals surface area contributed by atoms with E-state index in [1.807, 2.05) is 24.3 Å². The fraction of sp³-hybridized carbons (Fsp3) is 0.471. The van der Waals surface area contributed by atoms with Gasteiger partial charge in [-0.25, -0.2) is 4.98 Å². The summed E-state index contributed by atoms with van der Waals surface area (Å²) in [5.41, 5.74) is 1.63. The van der Waals surface area contributed by atoms with Gasteiger partial charge in [-0.3, -0.25) is 0 Å². The van der Waals surface area contributed by atoms with Crippen LogP contribution >= 0.6 is 0 Å². The van der Waals surface area contributed by atoms with Crippen LogP contribution in [0.2, 0.25) is 0 Å². The maximum atomic E-state index is 9.61. The van der Waals surface area contributed by atoms with Crippen molar-refractivity contribution in [3.8, 4) is 17.2 Å². The smallest absolute Gasteiger partial charge is 0.226 e. The highest BCUT2D eigenvalue weighted by Crippen LogP contribution is 2.29. The molecular formula is C17H22N2O3. The molecule has 1 aromatic carbocycles. The third-order valence-electron chi connectivity index (χ3n) is 4.40. The first-order valence-corrected chi connectivity index (χ1v) is 7.69. The predicted octanol–water partition coefficient (Wildman–Crippen LogP) is 2.74. The van der Waals surface area contributed by atoms with Crippen molar-refractivity contribution >= 4 is 0 Å². The molecule has 1 heterocycles. The van der Waals surface area contributed by atoms with Crippen LogP contribution in [0.15, 0.2) is 34.9 Å². The van der Waals surface area contributed by atoms with Crippen molar-refractivity contribution in [2.45, 2.75) is 37.8 Å². The second kappa shape index (κ2) is 6.50. The zero-order valence-corrected chi connectivity index (χ0v) is 12.8. The summed E-state index contributed by atoms with van der Waals surface area (Å²) in [6, 6.07) is 7.62. The Labute approximate surface area is 130 Å². The molecule has 1 aliphatic carbocycles. The first-order valence-electron chi connectivity index (χ1n) is 7.69. The molecule has 0 atom stereocenters. The van der Waals surface area contributed by atoms with Crippen molar-refractivity contribution in [2.75, 3.05) is 13.7 Å². The number of nitrogens with zero attached hydrogens (tertiary/aromatic N) is 1. The van der Waals surface area contributed by atoms with Gasteiger partial charge in [0, 0.05) is 17.6 Å². The third kappa shape index (κ3) is 3.15. The molecule has 118 valence electrons. The van der Waals surface area contributed by atoms with Crippen molar-refractivity contribution in [1.82, 2.24) is 10.3 Å². The highest BCUT2D eigenvalue weighted by Gasteiger charge is 2.32. The van der Waals surface area contributed by atoms with Crippen molar-refractivity contribution in [1.29, 1.82) is 0 Å². The van der Waals surface area contributed by atoms with Gasteiger partial charge in [0.1, 0.15) is 12.0 Å². The number of aromatic nitrogens is 1. The number of rotatable bonds is 6. The molecule has 1 fully saturated rings. The Bertz CT molecular complexity index is 601.